The van der Waals surface area contributed by atoms with Crippen molar-refractivity contribution in [2.75, 3.05) is 13.2 Å². The van der Waals surface area contributed by atoms with Crippen LogP contribution in [0, 0.1) is 17.8 Å². The summed E-state index contributed by atoms with van der Waals surface area (Å²) in [7, 11) is 0. The lowest BCUT2D eigenvalue weighted by molar-refractivity contribution is -0.111. The molecule has 2 rings (SSSR count). The van der Waals surface area contributed by atoms with Gasteiger partial charge in [-0.3, -0.25) is 4.90 Å². The van der Waals surface area contributed by atoms with E-state index in [2.05, 4.69) is 34.4 Å². The molecule has 1 saturated heterocycles. The number of urea groups is 1. The lowest BCUT2D eigenvalue weighted by Crippen LogP contribution is -2.46. The zero-order valence-electron chi connectivity index (χ0n) is 13.9. The van der Waals surface area contributed by atoms with Crippen LogP contribution < -0.4 is 5.73 Å². The van der Waals surface area contributed by atoms with Gasteiger partial charge in [0, 0.05) is 18.5 Å². The van der Waals surface area contributed by atoms with Crippen LogP contribution in [0.5, 0.6) is 0 Å². The van der Waals surface area contributed by atoms with E-state index < -0.39 is 42.8 Å². The van der Waals surface area contributed by atoms with Crippen molar-refractivity contribution in [3.05, 3.63) is 21.1 Å². The van der Waals surface area contributed by atoms with Crippen molar-refractivity contribution < 1.29 is 28.9 Å². The van der Waals surface area contributed by atoms with E-state index in [1.54, 1.807) is 0 Å². The Kier molecular flexibility index (Phi) is 7.57. The van der Waals surface area contributed by atoms with Crippen LogP contribution in [0.2, 0.25) is 0 Å². The molecule has 1 aliphatic heterocycles. The number of amides is 2. The maximum absolute atomic E-state index is 13.9. The van der Waals surface area contributed by atoms with Crippen molar-refractivity contribution in [2.45, 2.75) is 37.7 Å². The topological polar surface area (TPSA) is 113 Å². The summed E-state index contributed by atoms with van der Waals surface area (Å²) in [6.45, 7) is -0.551. The van der Waals surface area contributed by atoms with Crippen molar-refractivity contribution in [2.24, 2.45) is 11.7 Å². The molecule has 1 fully saturated rings. The maximum atomic E-state index is 13.9. The van der Waals surface area contributed by atoms with Gasteiger partial charge in [0.15, 0.2) is 0 Å². The fraction of sp³-hybridized carbons (Fsp3) is 0.529. The molecule has 9 heteroatoms. The molecule has 0 radical (unpaired) electrons. The summed E-state index contributed by atoms with van der Waals surface area (Å²) in [6.07, 6.45) is 0.542. The molecule has 1 aliphatic carbocycles. The number of halogens is 2. The van der Waals surface area contributed by atoms with Gasteiger partial charge in [-0.25, -0.2) is 9.18 Å². The van der Waals surface area contributed by atoms with Gasteiger partial charge in [-0.2, -0.15) is 0 Å². The third kappa shape index (κ3) is 5.26. The molecule has 4 N–H and O–H groups in total. The predicted octanol–water partition coefficient (Wildman–Crippen LogP) is 0.990. The summed E-state index contributed by atoms with van der Waals surface area (Å²) in [6, 6.07) is -0.838. The molecule has 2 aliphatic rings. The first-order chi connectivity index (χ1) is 12.3. The maximum Gasteiger partial charge on any atom is 0.316 e. The van der Waals surface area contributed by atoms with E-state index in [-0.39, 0.29) is 13.0 Å². The molecule has 0 bridgehead atoms. The number of allylic oxidation sites excluding steroid dienone is 4. The van der Waals surface area contributed by atoms with Crippen molar-refractivity contribution in [3.8, 4) is 11.8 Å². The number of ether oxygens (including phenoxy) is 1. The molecule has 0 spiro atoms. The third-order valence-corrected chi connectivity index (χ3v) is 5.02. The van der Waals surface area contributed by atoms with Crippen LogP contribution in [0.25, 0.3) is 0 Å². The Bertz CT molecular complexity index is 684. The summed E-state index contributed by atoms with van der Waals surface area (Å²) in [5.74, 6) is 4.03. The highest BCUT2D eigenvalue weighted by molar-refractivity contribution is 14.1. The highest BCUT2D eigenvalue weighted by Crippen LogP contribution is 2.28. The van der Waals surface area contributed by atoms with Crippen molar-refractivity contribution in [1.82, 2.24) is 4.90 Å². The lowest BCUT2D eigenvalue weighted by atomic mass is 10.0. The number of hydrogen-bond donors (Lipinski definition) is 3. The fourth-order valence-electron chi connectivity index (χ4n) is 2.72. The highest BCUT2D eigenvalue weighted by Gasteiger charge is 2.38. The quantitative estimate of drug-likeness (QED) is 0.310. The predicted molar refractivity (Wildman–Crippen MR) is 99.5 cm³/mol. The summed E-state index contributed by atoms with van der Waals surface area (Å²) >= 11 is 2.05. The first-order valence-electron chi connectivity index (χ1n) is 8.07. The second kappa shape index (κ2) is 9.45. The molecule has 0 aromatic heterocycles. The van der Waals surface area contributed by atoms with Gasteiger partial charge < -0.3 is 25.5 Å². The zero-order valence-corrected chi connectivity index (χ0v) is 16.1. The standard InChI is InChI=1S/C17H20FIN2O5/c18-13-5-12(19)4-3-11(13)2-1-10(8-22)7-21(17(20)25)16-6-14(24)15(9-23)26-16/h5,8,10,14-16,23-24H,3-4,6-7,9H2,(H2,20,25)/t10?,14?,15-,16-/m1/s1. The number of aliphatic hydroxyl groups excluding tert-OH is 2. The molecule has 142 valence electrons. The van der Waals surface area contributed by atoms with E-state index in [1.165, 1.54) is 6.08 Å². The average Bonchev–Trinajstić information content (AvgIpc) is 2.96. The Morgan fingerprint density at radius 1 is 1.58 bits per heavy atom. The number of primary amides is 1. The Morgan fingerprint density at radius 3 is 2.85 bits per heavy atom. The minimum Gasteiger partial charge on any atom is -0.394 e. The third-order valence-electron chi connectivity index (χ3n) is 4.17. The molecular formula is C17H20FIN2O5. The van der Waals surface area contributed by atoms with Crippen molar-refractivity contribution >= 4 is 34.9 Å². The second-order valence-electron chi connectivity index (χ2n) is 6.04. The lowest BCUT2D eigenvalue weighted by Gasteiger charge is -2.27. The molecule has 7 nitrogen and oxygen atoms in total. The number of carbonyl (C=O) groups excluding carboxylic acids is 2. The van der Waals surface area contributed by atoms with Gasteiger partial charge in [0.05, 0.1) is 18.6 Å². The molecule has 26 heavy (non-hydrogen) atoms. The zero-order chi connectivity index (χ0) is 19.3. The minimum absolute atomic E-state index is 0.0657. The molecule has 1 heterocycles. The van der Waals surface area contributed by atoms with E-state index in [0.29, 0.717) is 24.7 Å². The van der Waals surface area contributed by atoms with E-state index in [1.807, 2.05) is 0 Å². The molecule has 0 saturated carbocycles. The summed E-state index contributed by atoms with van der Waals surface area (Å²) in [5, 5.41) is 18.9. The van der Waals surface area contributed by atoms with Gasteiger partial charge in [0.1, 0.15) is 24.4 Å². The molecule has 0 aromatic carbocycles. The monoisotopic (exact) mass is 478 g/mol. The molecule has 2 amide bonds. The fourth-order valence-corrected chi connectivity index (χ4v) is 3.26. The van der Waals surface area contributed by atoms with Gasteiger partial charge in [0.2, 0.25) is 0 Å². The average molecular weight is 478 g/mol. The number of hydrogen-bond acceptors (Lipinski definition) is 5. The number of rotatable bonds is 5. The van der Waals surface area contributed by atoms with Crippen LogP contribution in [0.15, 0.2) is 21.1 Å². The van der Waals surface area contributed by atoms with Crippen LogP contribution in [0.3, 0.4) is 0 Å². The first kappa shape index (κ1) is 20.8. The minimum atomic E-state index is -0.941. The van der Waals surface area contributed by atoms with Gasteiger partial charge in [-0.15, -0.1) is 0 Å². The number of nitrogens with zero attached hydrogens (tertiary/aromatic N) is 1. The largest absolute Gasteiger partial charge is 0.394 e. The van der Waals surface area contributed by atoms with Crippen LogP contribution >= 0.6 is 22.6 Å². The van der Waals surface area contributed by atoms with Crippen LogP contribution in [-0.4, -0.2) is 59.0 Å². The van der Waals surface area contributed by atoms with Crippen LogP contribution in [0.1, 0.15) is 19.3 Å². The molecule has 4 atom stereocenters. The summed E-state index contributed by atoms with van der Waals surface area (Å²) in [4.78, 5) is 24.1. The van der Waals surface area contributed by atoms with Gasteiger partial charge in [0.25, 0.3) is 0 Å². The summed E-state index contributed by atoms with van der Waals surface area (Å²) < 4.78 is 20.2. The smallest absolute Gasteiger partial charge is 0.316 e. The van der Waals surface area contributed by atoms with E-state index in [9.17, 15) is 19.1 Å². The number of aliphatic hydroxyl groups is 2. The number of nitrogens with two attached hydrogens (primary N) is 1. The number of carbonyl (C=O) groups is 2. The first-order valence-corrected chi connectivity index (χ1v) is 9.15. The highest BCUT2D eigenvalue weighted by atomic mass is 127. The molecule has 0 aromatic rings. The Labute approximate surface area is 164 Å². The Hall–Kier alpha value is -1.48. The van der Waals surface area contributed by atoms with E-state index >= 15 is 0 Å². The van der Waals surface area contributed by atoms with Crippen molar-refractivity contribution in [1.29, 1.82) is 0 Å². The summed E-state index contributed by atoms with van der Waals surface area (Å²) in [5.41, 5.74) is 5.66. The Balaban J connectivity index is 2.10. The second-order valence-corrected chi connectivity index (χ2v) is 7.42. The van der Waals surface area contributed by atoms with Crippen LogP contribution in [-0.2, 0) is 9.53 Å². The number of aldehydes is 1. The SMILES string of the molecule is NC(=O)N(CC(C#CC1=C(F)C=C(I)CC1)C=O)[C@H]1CC(O)[C@@H](CO)O1. The van der Waals surface area contributed by atoms with Gasteiger partial charge >= 0.3 is 6.03 Å². The normalized spacial score (nSPS) is 26.6. The van der Waals surface area contributed by atoms with Crippen LogP contribution in [0.4, 0.5) is 9.18 Å². The molecule has 2 unspecified atom stereocenters. The van der Waals surface area contributed by atoms with Gasteiger partial charge in [-0.05, 0) is 45.1 Å². The van der Waals surface area contributed by atoms with Gasteiger partial charge in [-0.1, -0.05) is 11.8 Å². The van der Waals surface area contributed by atoms with Crippen molar-refractivity contribution in [3.63, 3.8) is 0 Å². The van der Waals surface area contributed by atoms with E-state index in [4.69, 9.17) is 15.6 Å². The van der Waals surface area contributed by atoms with E-state index in [0.717, 1.165) is 8.48 Å². The molecular weight excluding hydrogens is 458 g/mol. The Morgan fingerprint density at radius 2 is 2.31 bits per heavy atom.